The minimum Gasteiger partial charge on any atom is -0.211 e. The zero-order valence-electron chi connectivity index (χ0n) is 8.53. The standard InChI is InChI=1S/C10H14ClNO2S/c1-2-9-3-5-10(6-4-9)7-12-15(13,14)8-11/h3-6,12H,2,7-8H2,1H3. The second-order valence-corrected chi connectivity index (χ2v) is 5.61. The molecule has 0 aliphatic carbocycles. The van der Waals surface area contributed by atoms with Crippen LogP contribution in [0.5, 0.6) is 0 Å². The molecule has 1 aromatic carbocycles. The van der Waals surface area contributed by atoms with Crippen LogP contribution >= 0.6 is 11.6 Å². The summed E-state index contributed by atoms with van der Waals surface area (Å²) in [5.41, 5.74) is 2.17. The van der Waals surface area contributed by atoms with E-state index in [2.05, 4.69) is 11.6 Å². The SMILES string of the molecule is CCc1ccc(CNS(=O)(=O)CCl)cc1. The molecule has 0 bridgehead atoms. The van der Waals surface area contributed by atoms with Gasteiger partial charge >= 0.3 is 0 Å². The van der Waals surface area contributed by atoms with Crippen LogP contribution in [0.25, 0.3) is 0 Å². The number of halogens is 1. The fourth-order valence-electron chi connectivity index (χ4n) is 1.12. The van der Waals surface area contributed by atoms with Crippen molar-refractivity contribution in [1.82, 2.24) is 4.72 Å². The van der Waals surface area contributed by atoms with Crippen molar-refractivity contribution in [2.45, 2.75) is 19.9 Å². The van der Waals surface area contributed by atoms with Crippen LogP contribution in [0.1, 0.15) is 18.1 Å². The highest BCUT2D eigenvalue weighted by molar-refractivity contribution is 7.90. The molecular formula is C10H14ClNO2S. The summed E-state index contributed by atoms with van der Waals surface area (Å²) < 4.78 is 24.5. The first-order valence-corrected chi connectivity index (χ1v) is 6.87. The zero-order chi connectivity index (χ0) is 11.3. The molecule has 0 fully saturated rings. The van der Waals surface area contributed by atoms with Crippen LogP contribution in [0.15, 0.2) is 24.3 Å². The molecule has 0 spiro atoms. The van der Waals surface area contributed by atoms with Gasteiger partial charge in [-0.3, -0.25) is 0 Å². The maximum atomic E-state index is 11.1. The highest BCUT2D eigenvalue weighted by Gasteiger charge is 2.06. The fourth-order valence-corrected chi connectivity index (χ4v) is 1.82. The molecule has 0 radical (unpaired) electrons. The molecular weight excluding hydrogens is 234 g/mol. The van der Waals surface area contributed by atoms with E-state index in [-0.39, 0.29) is 0 Å². The summed E-state index contributed by atoms with van der Waals surface area (Å²) in [5.74, 6) is 0. The number of alkyl halides is 1. The van der Waals surface area contributed by atoms with Crippen LogP contribution in [-0.4, -0.2) is 13.6 Å². The van der Waals surface area contributed by atoms with Gasteiger partial charge in [0.1, 0.15) is 5.21 Å². The van der Waals surface area contributed by atoms with E-state index in [1.165, 1.54) is 5.56 Å². The van der Waals surface area contributed by atoms with Gasteiger partial charge in [0.25, 0.3) is 0 Å². The first-order chi connectivity index (χ1) is 7.07. The largest absolute Gasteiger partial charge is 0.225 e. The van der Waals surface area contributed by atoms with Crippen molar-refractivity contribution in [2.24, 2.45) is 0 Å². The molecule has 5 heteroatoms. The number of sulfonamides is 1. The second kappa shape index (κ2) is 5.49. The van der Waals surface area contributed by atoms with Gasteiger partial charge in [-0.1, -0.05) is 31.2 Å². The molecule has 0 unspecified atom stereocenters. The normalized spacial score (nSPS) is 11.6. The first kappa shape index (κ1) is 12.5. The number of hydrogen-bond acceptors (Lipinski definition) is 2. The molecule has 1 aromatic rings. The smallest absolute Gasteiger partial charge is 0.211 e. The van der Waals surface area contributed by atoms with Crippen molar-refractivity contribution in [3.63, 3.8) is 0 Å². The lowest BCUT2D eigenvalue weighted by atomic mass is 10.1. The molecule has 1 rings (SSSR count). The number of hydrogen-bond donors (Lipinski definition) is 1. The van der Waals surface area contributed by atoms with Gasteiger partial charge < -0.3 is 0 Å². The predicted octanol–water partition coefficient (Wildman–Crippen LogP) is 1.86. The van der Waals surface area contributed by atoms with Gasteiger partial charge in [-0.2, -0.15) is 0 Å². The summed E-state index contributed by atoms with van der Waals surface area (Å²) in [6.07, 6.45) is 0.980. The summed E-state index contributed by atoms with van der Waals surface area (Å²) in [6.45, 7) is 2.37. The van der Waals surface area contributed by atoms with E-state index in [9.17, 15) is 8.42 Å². The molecule has 3 nitrogen and oxygen atoms in total. The lowest BCUT2D eigenvalue weighted by Gasteiger charge is -2.04. The Hall–Kier alpha value is -0.580. The number of nitrogens with one attached hydrogen (secondary N) is 1. The number of rotatable bonds is 5. The topological polar surface area (TPSA) is 46.2 Å². The average Bonchev–Trinajstić information content (AvgIpc) is 2.27. The van der Waals surface area contributed by atoms with Crippen molar-refractivity contribution in [2.75, 3.05) is 5.21 Å². The Kier molecular flexibility index (Phi) is 4.57. The van der Waals surface area contributed by atoms with E-state index >= 15 is 0 Å². The third-order valence-corrected chi connectivity index (χ3v) is 3.80. The quantitative estimate of drug-likeness (QED) is 0.808. The molecule has 1 N–H and O–H groups in total. The van der Waals surface area contributed by atoms with Crippen LogP contribution in [-0.2, 0) is 23.0 Å². The summed E-state index contributed by atoms with van der Waals surface area (Å²) in [4.78, 5) is 0. The Labute approximate surface area is 95.5 Å². The highest BCUT2D eigenvalue weighted by Crippen LogP contribution is 2.05. The van der Waals surface area contributed by atoms with Crippen molar-refractivity contribution in [3.05, 3.63) is 35.4 Å². The van der Waals surface area contributed by atoms with Crippen LogP contribution in [0.2, 0.25) is 0 Å². The minimum absolute atomic E-state index is 0.291. The maximum absolute atomic E-state index is 11.1. The third kappa shape index (κ3) is 4.20. The van der Waals surface area contributed by atoms with Crippen LogP contribution in [0, 0.1) is 0 Å². The molecule has 84 valence electrons. The van der Waals surface area contributed by atoms with Gasteiger partial charge in [0.05, 0.1) is 0 Å². The van der Waals surface area contributed by atoms with Crippen LogP contribution in [0.4, 0.5) is 0 Å². The molecule has 0 aromatic heterocycles. The Morgan fingerprint density at radius 3 is 2.20 bits per heavy atom. The zero-order valence-corrected chi connectivity index (χ0v) is 10.1. The number of aryl methyl sites for hydroxylation is 1. The fraction of sp³-hybridized carbons (Fsp3) is 0.400. The minimum atomic E-state index is -3.32. The Morgan fingerprint density at radius 2 is 1.73 bits per heavy atom. The Bertz CT molecular complexity index is 400. The lowest BCUT2D eigenvalue weighted by molar-refractivity contribution is 0.586. The monoisotopic (exact) mass is 247 g/mol. The summed E-state index contributed by atoms with van der Waals surface area (Å²) >= 11 is 5.26. The molecule has 0 aliphatic heterocycles. The van der Waals surface area contributed by atoms with Crippen molar-refractivity contribution < 1.29 is 8.42 Å². The van der Waals surface area contributed by atoms with Gasteiger partial charge in [0.2, 0.25) is 10.0 Å². The van der Waals surface area contributed by atoms with Crippen LogP contribution < -0.4 is 4.72 Å². The van der Waals surface area contributed by atoms with E-state index in [1.54, 1.807) is 0 Å². The Balaban J connectivity index is 2.59. The molecule has 0 atom stereocenters. The van der Waals surface area contributed by atoms with Gasteiger partial charge in [0, 0.05) is 6.54 Å². The highest BCUT2D eigenvalue weighted by atomic mass is 35.5. The van der Waals surface area contributed by atoms with Gasteiger partial charge in [-0.05, 0) is 17.5 Å². The van der Waals surface area contributed by atoms with Gasteiger partial charge in [0.15, 0.2) is 0 Å². The van der Waals surface area contributed by atoms with E-state index in [0.717, 1.165) is 12.0 Å². The van der Waals surface area contributed by atoms with Gasteiger partial charge in [-0.15, -0.1) is 11.6 Å². The molecule has 0 amide bonds. The predicted molar refractivity (Wildman–Crippen MR) is 62.3 cm³/mol. The molecule has 15 heavy (non-hydrogen) atoms. The lowest BCUT2D eigenvalue weighted by Crippen LogP contribution is -2.23. The van der Waals surface area contributed by atoms with Crippen molar-refractivity contribution in [1.29, 1.82) is 0 Å². The third-order valence-electron chi connectivity index (χ3n) is 2.07. The van der Waals surface area contributed by atoms with E-state index in [1.807, 2.05) is 24.3 Å². The second-order valence-electron chi connectivity index (χ2n) is 3.22. The van der Waals surface area contributed by atoms with Crippen LogP contribution in [0.3, 0.4) is 0 Å². The number of benzene rings is 1. The molecule has 0 saturated heterocycles. The Morgan fingerprint density at radius 1 is 1.20 bits per heavy atom. The molecule has 0 aliphatic rings. The molecule has 0 heterocycles. The first-order valence-electron chi connectivity index (χ1n) is 4.68. The van der Waals surface area contributed by atoms with E-state index in [0.29, 0.717) is 6.54 Å². The molecule has 0 saturated carbocycles. The summed E-state index contributed by atoms with van der Waals surface area (Å²) in [6, 6.07) is 7.81. The van der Waals surface area contributed by atoms with Crippen molar-refractivity contribution in [3.8, 4) is 0 Å². The van der Waals surface area contributed by atoms with Crippen molar-refractivity contribution >= 4 is 21.6 Å². The average molecular weight is 248 g/mol. The van der Waals surface area contributed by atoms with Gasteiger partial charge in [-0.25, -0.2) is 13.1 Å². The van der Waals surface area contributed by atoms with E-state index in [4.69, 9.17) is 11.6 Å². The van der Waals surface area contributed by atoms with E-state index < -0.39 is 15.2 Å². The summed E-state index contributed by atoms with van der Waals surface area (Å²) in [5, 5.41) is -0.403. The maximum Gasteiger partial charge on any atom is 0.225 e. The summed E-state index contributed by atoms with van der Waals surface area (Å²) in [7, 11) is -3.32.